The number of amides is 1. The molecule has 0 spiro atoms. The molecule has 0 saturated heterocycles. The Balaban J connectivity index is 1.54. The number of alkyl halides is 3. The van der Waals surface area contributed by atoms with E-state index in [2.05, 4.69) is 16.2 Å². The van der Waals surface area contributed by atoms with Crippen LogP contribution in [0.2, 0.25) is 0 Å². The molecule has 1 aliphatic rings. The maximum atomic E-state index is 14.3. The lowest BCUT2D eigenvalue weighted by molar-refractivity contribution is -0.141. The van der Waals surface area contributed by atoms with Gasteiger partial charge < -0.3 is 9.80 Å². The Morgan fingerprint density at radius 2 is 1.93 bits per heavy atom. The number of rotatable bonds is 8. The third-order valence-electron chi connectivity index (χ3n) is 7.14. The molecule has 0 radical (unpaired) electrons. The van der Waals surface area contributed by atoms with Gasteiger partial charge >= 0.3 is 6.18 Å². The van der Waals surface area contributed by atoms with E-state index in [1.807, 2.05) is 31.1 Å². The van der Waals surface area contributed by atoms with Gasteiger partial charge in [0.2, 0.25) is 5.91 Å². The van der Waals surface area contributed by atoms with E-state index in [0.29, 0.717) is 35.5 Å². The molecule has 4 heterocycles. The number of hydrogen-bond acceptors (Lipinski definition) is 6. The Bertz CT molecular complexity index is 1630. The van der Waals surface area contributed by atoms with Crippen LogP contribution in [0.3, 0.4) is 0 Å². The number of halogens is 3. The molecule has 1 aromatic carbocycles. The van der Waals surface area contributed by atoms with Crippen LogP contribution in [0.1, 0.15) is 38.1 Å². The molecule has 0 bridgehead atoms. The highest BCUT2D eigenvalue weighted by Crippen LogP contribution is 2.44. The number of fused-ring (bicyclic) bond motifs is 1. The van der Waals surface area contributed by atoms with Gasteiger partial charge in [-0.05, 0) is 61.0 Å². The average molecular weight is 591 g/mol. The number of benzene rings is 1. The summed E-state index contributed by atoms with van der Waals surface area (Å²) in [5.41, 5.74) is 1.89. The molecule has 1 aliphatic heterocycles. The number of carbonyl (C=O) groups is 1. The van der Waals surface area contributed by atoms with Crippen molar-refractivity contribution in [3.05, 3.63) is 105 Å². The van der Waals surface area contributed by atoms with E-state index in [4.69, 9.17) is 0 Å². The monoisotopic (exact) mass is 590 g/mol. The van der Waals surface area contributed by atoms with Gasteiger partial charge in [-0.25, -0.2) is 0 Å². The highest BCUT2D eigenvalue weighted by Gasteiger charge is 2.39. The van der Waals surface area contributed by atoms with Gasteiger partial charge in [0.15, 0.2) is 5.69 Å². The van der Waals surface area contributed by atoms with Crippen LogP contribution in [0.15, 0.2) is 73.2 Å². The van der Waals surface area contributed by atoms with Crippen molar-refractivity contribution in [2.24, 2.45) is 0 Å². The Morgan fingerprint density at radius 1 is 1.17 bits per heavy atom. The van der Waals surface area contributed by atoms with E-state index in [9.17, 15) is 23.2 Å². The lowest BCUT2D eigenvalue weighted by Crippen LogP contribution is -2.37. The summed E-state index contributed by atoms with van der Waals surface area (Å²) >= 11 is 1.31. The van der Waals surface area contributed by atoms with Crippen molar-refractivity contribution in [3.63, 3.8) is 0 Å². The number of aromatic nitrogens is 3. The minimum absolute atomic E-state index is 0.0144. The van der Waals surface area contributed by atoms with Gasteiger partial charge in [-0.1, -0.05) is 30.3 Å². The average Bonchev–Trinajstić information content (AvgIpc) is 3.60. The van der Waals surface area contributed by atoms with Crippen molar-refractivity contribution in [1.29, 1.82) is 5.26 Å². The zero-order valence-corrected chi connectivity index (χ0v) is 24.0. The number of aryl methyl sites for hydroxylation is 2. The Labute approximate surface area is 246 Å². The lowest BCUT2D eigenvalue weighted by Gasteiger charge is -2.33. The van der Waals surface area contributed by atoms with Crippen LogP contribution < -0.4 is 0 Å². The molecular weight excluding hydrogens is 561 g/mol. The minimum Gasteiger partial charge on any atom is -0.333 e. The summed E-state index contributed by atoms with van der Waals surface area (Å²) in [6, 6.07) is 14.6. The molecular formula is C31H29F3N6OS. The molecule has 5 rings (SSSR count). The number of nitrogens with zero attached hydrogens (tertiary/aromatic N) is 6. The van der Waals surface area contributed by atoms with Crippen LogP contribution in [0, 0.1) is 11.3 Å². The fourth-order valence-corrected chi connectivity index (χ4v) is 6.19. The normalized spacial score (nSPS) is 15.3. The second kappa shape index (κ2) is 12.3. The molecule has 0 unspecified atom stereocenters. The largest absolute Gasteiger partial charge is 0.435 e. The lowest BCUT2D eigenvalue weighted by atomic mass is 9.83. The molecule has 3 aromatic heterocycles. The van der Waals surface area contributed by atoms with Gasteiger partial charge in [0.05, 0.1) is 6.54 Å². The van der Waals surface area contributed by atoms with Crippen molar-refractivity contribution in [2.45, 2.75) is 31.6 Å². The number of hydrogen-bond donors (Lipinski definition) is 0. The van der Waals surface area contributed by atoms with Crippen molar-refractivity contribution in [3.8, 4) is 17.2 Å². The molecule has 0 N–H and O–H groups in total. The van der Waals surface area contributed by atoms with Crippen molar-refractivity contribution in [1.82, 2.24) is 24.6 Å². The van der Waals surface area contributed by atoms with E-state index >= 15 is 0 Å². The SMILES string of the molecule is CN(C)C/C=C/C(=O)N1Cc2sc(C#N)cc2[C@H](c2ccccc2-c2cn(CCc3ccncc3)nc2C(F)(F)F)C1. The maximum absolute atomic E-state index is 14.3. The van der Waals surface area contributed by atoms with Gasteiger partial charge in [0.25, 0.3) is 0 Å². The zero-order valence-electron chi connectivity index (χ0n) is 23.2. The predicted molar refractivity (Wildman–Crippen MR) is 155 cm³/mol. The van der Waals surface area contributed by atoms with Crippen molar-refractivity contribution >= 4 is 17.2 Å². The van der Waals surface area contributed by atoms with Gasteiger partial charge in [0, 0.05) is 60.7 Å². The predicted octanol–water partition coefficient (Wildman–Crippen LogP) is 5.73. The smallest absolute Gasteiger partial charge is 0.333 e. The van der Waals surface area contributed by atoms with Crippen LogP contribution in [0.25, 0.3) is 11.1 Å². The van der Waals surface area contributed by atoms with Crippen molar-refractivity contribution < 1.29 is 18.0 Å². The molecule has 7 nitrogen and oxygen atoms in total. The summed E-state index contributed by atoms with van der Waals surface area (Å²) in [6.45, 7) is 1.47. The molecule has 1 atom stereocenters. The van der Waals surface area contributed by atoms with E-state index in [1.54, 1.807) is 53.7 Å². The summed E-state index contributed by atoms with van der Waals surface area (Å²) in [5, 5.41) is 13.6. The number of nitriles is 1. The van der Waals surface area contributed by atoms with Gasteiger partial charge in [-0.3, -0.25) is 14.5 Å². The molecule has 216 valence electrons. The first kappa shape index (κ1) is 29.2. The second-order valence-electron chi connectivity index (χ2n) is 10.4. The van der Waals surface area contributed by atoms with Crippen LogP contribution in [-0.4, -0.2) is 57.7 Å². The van der Waals surface area contributed by atoms with E-state index in [0.717, 1.165) is 16.0 Å². The summed E-state index contributed by atoms with van der Waals surface area (Å²) in [7, 11) is 3.81. The number of likely N-dealkylation sites (N-methyl/N-ethyl adjacent to an activating group) is 1. The summed E-state index contributed by atoms with van der Waals surface area (Å²) in [5.74, 6) is -0.604. The first-order valence-corrected chi connectivity index (χ1v) is 14.2. The number of thiophene rings is 1. The maximum Gasteiger partial charge on any atom is 0.435 e. The fraction of sp³-hybridized carbons (Fsp3) is 0.290. The Hall–Kier alpha value is -4.27. The van der Waals surface area contributed by atoms with Gasteiger partial charge in [-0.2, -0.15) is 23.5 Å². The number of carbonyl (C=O) groups excluding carboxylic acids is 1. The van der Waals surface area contributed by atoms with Crippen LogP contribution in [-0.2, 0) is 30.5 Å². The topological polar surface area (TPSA) is 78.0 Å². The molecule has 0 fully saturated rings. The molecule has 0 saturated carbocycles. The molecule has 11 heteroatoms. The second-order valence-corrected chi connectivity index (χ2v) is 11.5. The molecule has 0 aliphatic carbocycles. The third kappa shape index (κ3) is 6.45. The quantitative estimate of drug-likeness (QED) is 0.245. The summed E-state index contributed by atoms with van der Waals surface area (Å²) in [6.07, 6.45) is 3.89. The van der Waals surface area contributed by atoms with Crippen LogP contribution in [0.4, 0.5) is 13.2 Å². The minimum atomic E-state index is -4.67. The Kier molecular flexibility index (Phi) is 8.56. The van der Waals surface area contributed by atoms with Crippen LogP contribution in [0.5, 0.6) is 0 Å². The Morgan fingerprint density at radius 3 is 2.64 bits per heavy atom. The standard InChI is InChI=1S/C31H29F3N6OS/c1-38(2)14-5-8-29(41)39-18-26(25-16-22(17-35)42-28(25)20-39)23-6-3-4-7-24(23)27-19-40(37-30(27)31(32,33)34)15-11-21-9-12-36-13-10-21/h3-10,12-13,16,19,26H,11,14-15,18,20H2,1-2H3/b8-5+/t26-/m0/s1. The number of pyridine rings is 1. The first-order valence-electron chi connectivity index (χ1n) is 13.4. The van der Waals surface area contributed by atoms with Gasteiger partial charge in [0.1, 0.15) is 10.9 Å². The zero-order chi connectivity index (χ0) is 29.9. The van der Waals surface area contributed by atoms with Crippen LogP contribution >= 0.6 is 11.3 Å². The molecule has 1 amide bonds. The first-order chi connectivity index (χ1) is 20.1. The highest BCUT2D eigenvalue weighted by molar-refractivity contribution is 7.12. The fourth-order valence-electron chi connectivity index (χ4n) is 5.16. The van der Waals surface area contributed by atoms with Crippen molar-refractivity contribution in [2.75, 3.05) is 27.2 Å². The summed E-state index contributed by atoms with van der Waals surface area (Å²) < 4.78 is 44.3. The van der Waals surface area contributed by atoms with E-state index < -0.39 is 17.8 Å². The molecule has 4 aromatic rings. The van der Waals surface area contributed by atoms with E-state index in [1.165, 1.54) is 28.3 Å². The summed E-state index contributed by atoms with van der Waals surface area (Å²) in [4.78, 5) is 22.1. The van der Waals surface area contributed by atoms with Gasteiger partial charge in [-0.15, -0.1) is 11.3 Å². The molecule has 42 heavy (non-hydrogen) atoms. The third-order valence-corrected chi connectivity index (χ3v) is 8.18. The van der Waals surface area contributed by atoms with E-state index in [-0.39, 0.29) is 24.6 Å². The highest BCUT2D eigenvalue weighted by atomic mass is 32.1.